The first-order valence-corrected chi connectivity index (χ1v) is 15.9. The zero-order chi connectivity index (χ0) is 33.0. The fourth-order valence-electron chi connectivity index (χ4n) is 7.08. The monoisotopic (exact) mass is 655 g/mol. The SMILES string of the molecule is COc1nc(OC)c(CN2C[C@@H]3CN(C(=O)[C@H]4CCCO4)CCN3[C@H](C(c3ccccc3)c3ccccc3)C2)c(OCC(F)(F)F)n1. The minimum Gasteiger partial charge on any atom is -0.481 e. The van der Waals surface area contributed by atoms with Crippen LogP contribution in [-0.4, -0.2) is 115 Å². The highest BCUT2D eigenvalue weighted by Gasteiger charge is 2.44. The molecule has 1 aromatic heterocycles. The lowest BCUT2D eigenvalue weighted by molar-refractivity contribution is -0.154. The van der Waals surface area contributed by atoms with Crippen LogP contribution in [0.4, 0.5) is 13.2 Å². The highest BCUT2D eigenvalue weighted by molar-refractivity contribution is 5.81. The van der Waals surface area contributed by atoms with E-state index in [0.717, 1.165) is 24.0 Å². The largest absolute Gasteiger partial charge is 0.481 e. The van der Waals surface area contributed by atoms with Gasteiger partial charge in [0.2, 0.25) is 11.8 Å². The number of carbonyl (C=O) groups is 1. The van der Waals surface area contributed by atoms with E-state index in [2.05, 4.69) is 44.0 Å². The van der Waals surface area contributed by atoms with E-state index in [1.165, 1.54) is 14.2 Å². The van der Waals surface area contributed by atoms with Crippen LogP contribution in [0.15, 0.2) is 60.7 Å². The molecule has 3 aliphatic rings. The van der Waals surface area contributed by atoms with Crippen molar-refractivity contribution in [3.8, 4) is 17.8 Å². The molecule has 0 unspecified atom stereocenters. The van der Waals surface area contributed by atoms with Crippen molar-refractivity contribution in [3.63, 3.8) is 0 Å². The Morgan fingerprint density at radius 1 is 0.936 bits per heavy atom. The average molecular weight is 656 g/mol. The Kier molecular flexibility index (Phi) is 10.1. The number of benzene rings is 2. The maximum absolute atomic E-state index is 13.5. The predicted molar refractivity (Wildman–Crippen MR) is 167 cm³/mol. The first-order chi connectivity index (χ1) is 22.7. The Bertz CT molecular complexity index is 1450. The highest BCUT2D eigenvalue weighted by Crippen LogP contribution is 2.38. The number of halogens is 3. The number of methoxy groups -OCH3 is 2. The summed E-state index contributed by atoms with van der Waals surface area (Å²) in [6.07, 6.45) is -3.39. The molecule has 3 fully saturated rings. The van der Waals surface area contributed by atoms with E-state index < -0.39 is 18.9 Å². The molecule has 4 heterocycles. The third-order valence-corrected chi connectivity index (χ3v) is 9.13. The second-order valence-electron chi connectivity index (χ2n) is 12.1. The maximum Gasteiger partial charge on any atom is 0.422 e. The molecule has 0 bridgehead atoms. The summed E-state index contributed by atoms with van der Waals surface area (Å²) in [6, 6.07) is 20.4. The summed E-state index contributed by atoms with van der Waals surface area (Å²) in [5.74, 6) is -0.161. The van der Waals surface area contributed by atoms with Gasteiger partial charge in [-0.3, -0.25) is 14.6 Å². The van der Waals surface area contributed by atoms with Gasteiger partial charge in [-0.15, -0.1) is 0 Å². The molecule has 0 N–H and O–H groups in total. The van der Waals surface area contributed by atoms with Crippen LogP contribution in [0, 0.1) is 0 Å². The number of carbonyl (C=O) groups excluding carboxylic acids is 1. The zero-order valence-electron chi connectivity index (χ0n) is 26.6. The Hall–Kier alpha value is -3.94. The molecule has 47 heavy (non-hydrogen) atoms. The van der Waals surface area contributed by atoms with Crippen molar-refractivity contribution in [2.24, 2.45) is 0 Å². The number of alkyl halides is 3. The average Bonchev–Trinajstić information content (AvgIpc) is 3.63. The molecule has 13 heteroatoms. The smallest absolute Gasteiger partial charge is 0.422 e. The maximum atomic E-state index is 13.5. The number of hydrogen-bond acceptors (Lipinski definition) is 9. The molecule has 6 rings (SSSR count). The summed E-state index contributed by atoms with van der Waals surface area (Å²) in [6.45, 7) is 2.16. The number of rotatable bonds is 10. The third kappa shape index (κ3) is 7.63. The number of nitrogens with zero attached hydrogens (tertiary/aromatic N) is 5. The minimum absolute atomic E-state index is 0.0157. The Morgan fingerprint density at radius 2 is 1.62 bits per heavy atom. The van der Waals surface area contributed by atoms with E-state index in [0.29, 0.717) is 44.9 Å². The molecular weight excluding hydrogens is 615 g/mol. The normalized spacial score (nSPS) is 22.3. The molecule has 0 radical (unpaired) electrons. The Balaban J connectivity index is 1.36. The summed E-state index contributed by atoms with van der Waals surface area (Å²) in [4.78, 5) is 28.5. The Morgan fingerprint density at radius 3 is 2.21 bits per heavy atom. The van der Waals surface area contributed by atoms with E-state index >= 15 is 0 Å². The van der Waals surface area contributed by atoms with E-state index in [1.54, 1.807) is 0 Å². The fourth-order valence-corrected chi connectivity index (χ4v) is 7.08. The van der Waals surface area contributed by atoms with Gasteiger partial charge in [-0.25, -0.2) is 0 Å². The summed E-state index contributed by atoms with van der Waals surface area (Å²) in [5.41, 5.74) is 2.60. The van der Waals surface area contributed by atoms with Crippen LogP contribution in [0.25, 0.3) is 0 Å². The molecule has 3 aromatic rings. The number of aromatic nitrogens is 2. The second-order valence-corrected chi connectivity index (χ2v) is 12.1. The fraction of sp³-hybridized carbons (Fsp3) is 0.500. The van der Waals surface area contributed by atoms with E-state index in [4.69, 9.17) is 18.9 Å². The van der Waals surface area contributed by atoms with E-state index in [9.17, 15) is 18.0 Å². The molecule has 0 aliphatic carbocycles. The summed E-state index contributed by atoms with van der Waals surface area (Å²) >= 11 is 0. The van der Waals surface area contributed by atoms with Crippen molar-refractivity contribution in [2.75, 3.05) is 60.2 Å². The Labute approximate surface area is 272 Å². The van der Waals surface area contributed by atoms with Crippen molar-refractivity contribution < 1.29 is 36.9 Å². The van der Waals surface area contributed by atoms with Gasteiger partial charge in [0.15, 0.2) is 6.61 Å². The van der Waals surface area contributed by atoms with Crippen LogP contribution in [0.2, 0.25) is 0 Å². The predicted octanol–water partition coefficient (Wildman–Crippen LogP) is 4.14. The quantitative estimate of drug-likeness (QED) is 0.320. The van der Waals surface area contributed by atoms with Crippen molar-refractivity contribution in [2.45, 2.75) is 49.7 Å². The molecule has 252 valence electrons. The number of ether oxygens (including phenoxy) is 4. The lowest BCUT2D eigenvalue weighted by atomic mass is 9.81. The van der Waals surface area contributed by atoms with E-state index in [1.807, 2.05) is 41.3 Å². The number of hydrogen-bond donors (Lipinski definition) is 0. The summed E-state index contributed by atoms with van der Waals surface area (Å²) in [5, 5.41) is 0. The van der Waals surface area contributed by atoms with Crippen LogP contribution >= 0.6 is 0 Å². The van der Waals surface area contributed by atoms with Crippen LogP contribution in [0.3, 0.4) is 0 Å². The molecule has 0 saturated carbocycles. The van der Waals surface area contributed by atoms with Crippen LogP contribution in [0.5, 0.6) is 17.8 Å². The summed E-state index contributed by atoms with van der Waals surface area (Å²) < 4.78 is 61.4. The number of piperazine rings is 2. The van der Waals surface area contributed by atoms with Gasteiger partial charge in [0.1, 0.15) is 6.10 Å². The third-order valence-electron chi connectivity index (χ3n) is 9.13. The number of amides is 1. The van der Waals surface area contributed by atoms with Crippen molar-refractivity contribution in [1.29, 1.82) is 0 Å². The van der Waals surface area contributed by atoms with Gasteiger partial charge in [0, 0.05) is 63.9 Å². The van der Waals surface area contributed by atoms with Gasteiger partial charge in [0.05, 0.1) is 19.8 Å². The van der Waals surface area contributed by atoms with Crippen molar-refractivity contribution in [3.05, 3.63) is 77.4 Å². The van der Waals surface area contributed by atoms with Crippen LogP contribution < -0.4 is 14.2 Å². The van der Waals surface area contributed by atoms with Gasteiger partial charge >= 0.3 is 12.2 Å². The molecule has 3 aliphatic heterocycles. The van der Waals surface area contributed by atoms with Crippen LogP contribution in [0.1, 0.15) is 35.4 Å². The van der Waals surface area contributed by atoms with E-state index in [-0.39, 0.29) is 48.2 Å². The molecular formula is C34H40F3N5O5. The molecule has 1 amide bonds. The second kappa shape index (κ2) is 14.4. The van der Waals surface area contributed by atoms with Gasteiger partial charge < -0.3 is 23.8 Å². The van der Waals surface area contributed by atoms with Gasteiger partial charge in [-0.2, -0.15) is 23.1 Å². The van der Waals surface area contributed by atoms with Crippen molar-refractivity contribution >= 4 is 5.91 Å². The van der Waals surface area contributed by atoms with Crippen molar-refractivity contribution in [1.82, 2.24) is 24.7 Å². The highest BCUT2D eigenvalue weighted by atomic mass is 19.4. The molecule has 3 atom stereocenters. The molecule has 2 aromatic carbocycles. The zero-order valence-corrected chi connectivity index (χ0v) is 26.6. The number of fused-ring (bicyclic) bond motifs is 1. The van der Waals surface area contributed by atoms with Gasteiger partial charge in [0.25, 0.3) is 5.91 Å². The van der Waals surface area contributed by atoms with Crippen LogP contribution in [-0.2, 0) is 16.1 Å². The lowest BCUT2D eigenvalue weighted by Crippen LogP contribution is -2.67. The topological polar surface area (TPSA) is 89.5 Å². The van der Waals surface area contributed by atoms with Gasteiger partial charge in [-0.1, -0.05) is 60.7 Å². The first kappa shape index (κ1) is 33.0. The minimum atomic E-state index is -4.57. The molecule has 0 spiro atoms. The van der Waals surface area contributed by atoms with Gasteiger partial charge in [-0.05, 0) is 24.0 Å². The molecule has 3 saturated heterocycles. The molecule has 10 nitrogen and oxygen atoms in total. The first-order valence-electron chi connectivity index (χ1n) is 15.9. The lowest BCUT2D eigenvalue weighted by Gasteiger charge is -2.53. The summed E-state index contributed by atoms with van der Waals surface area (Å²) in [7, 11) is 2.72. The standard InChI is InChI=1S/C34H40F3N5O5/c1-44-30-26(31(39-33(38-30)45-2)47-22-34(35,36)37)20-40-18-25-19-41(32(43)28-14-9-17-46-28)15-16-42(25)27(21-40)29(23-10-5-3-6-11-23)24-12-7-4-8-13-24/h3-8,10-13,25,27-29H,9,14-22H2,1-2H3/t25-,27+,28-/m1/s1.